The topological polar surface area (TPSA) is 126 Å². The summed E-state index contributed by atoms with van der Waals surface area (Å²) >= 11 is 1.41. The third-order valence-electron chi connectivity index (χ3n) is 4.57. The molecule has 0 atom stereocenters. The molecule has 4 aromatic rings. The fraction of sp³-hybridized carbons (Fsp3) is 0.278. The van der Waals surface area contributed by atoms with E-state index in [0.29, 0.717) is 23.0 Å². The second kappa shape index (κ2) is 8.11. The Hall–Kier alpha value is -3.68. The minimum absolute atomic E-state index is 0.295. The first-order chi connectivity index (χ1) is 15.2. The molecule has 0 aliphatic heterocycles. The second-order valence-electron chi connectivity index (χ2n) is 6.75. The van der Waals surface area contributed by atoms with E-state index in [-0.39, 0.29) is 0 Å². The summed E-state index contributed by atoms with van der Waals surface area (Å²) in [7, 11) is 3.05. The van der Waals surface area contributed by atoms with Crippen LogP contribution in [0.1, 0.15) is 10.7 Å². The number of allylic oxidation sites excluding steroid dienone is 1. The summed E-state index contributed by atoms with van der Waals surface area (Å²) in [6, 6.07) is 1.85. The van der Waals surface area contributed by atoms with Crippen molar-refractivity contribution < 1.29 is 17.9 Å². The molecule has 0 aliphatic rings. The number of aryl methyl sites for hydroxylation is 1. The molecule has 0 aromatic carbocycles. The Kier molecular flexibility index (Phi) is 5.46. The van der Waals surface area contributed by atoms with Crippen molar-refractivity contribution in [1.29, 1.82) is 5.41 Å². The molecule has 4 heterocycles. The van der Waals surface area contributed by atoms with E-state index in [9.17, 15) is 18.0 Å². The van der Waals surface area contributed by atoms with Gasteiger partial charge in [0.2, 0.25) is 0 Å². The highest BCUT2D eigenvalue weighted by Gasteiger charge is 2.33. The fourth-order valence-corrected chi connectivity index (χ4v) is 4.35. The zero-order valence-corrected chi connectivity index (χ0v) is 17.6. The first-order valence-electron chi connectivity index (χ1n) is 9.21. The minimum atomic E-state index is -4.97. The van der Waals surface area contributed by atoms with E-state index in [1.54, 1.807) is 17.8 Å². The molecule has 0 saturated carbocycles. The van der Waals surface area contributed by atoms with Gasteiger partial charge in [-0.05, 0) is 6.07 Å². The monoisotopic (exact) mass is 466 g/mol. The molecule has 3 N–H and O–H groups in total. The number of rotatable bonds is 7. The largest absolute Gasteiger partial charge is 0.573 e. The Morgan fingerprint density at radius 3 is 2.88 bits per heavy atom. The lowest BCUT2D eigenvalue weighted by atomic mass is 10.3. The number of hydrogen-bond acceptors (Lipinski definition) is 8. The number of thiazole rings is 1. The molecule has 4 aromatic heterocycles. The van der Waals surface area contributed by atoms with Crippen LogP contribution in [0.5, 0.6) is 0 Å². The summed E-state index contributed by atoms with van der Waals surface area (Å²) in [6.45, 7) is -0.505. The van der Waals surface area contributed by atoms with Crippen LogP contribution >= 0.6 is 11.3 Å². The Bertz CT molecular complexity index is 1380. The summed E-state index contributed by atoms with van der Waals surface area (Å²) < 4.78 is 45.0. The molecule has 0 saturated heterocycles. The van der Waals surface area contributed by atoms with Crippen LogP contribution in [0, 0.1) is 5.41 Å². The van der Waals surface area contributed by atoms with Crippen LogP contribution in [0.2, 0.25) is 0 Å². The van der Waals surface area contributed by atoms with Crippen LogP contribution in [0.25, 0.3) is 21.3 Å². The predicted molar refractivity (Wildman–Crippen MR) is 112 cm³/mol. The van der Waals surface area contributed by atoms with Gasteiger partial charge in [-0.25, -0.2) is 9.67 Å². The molecular formula is C18H17F3N8O2S. The number of nitrogens with one attached hydrogen (secondary N) is 3. The third-order valence-corrected chi connectivity index (χ3v) is 5.64. The summed E-state index contributed by atoms with van der Waals surface area (Å²) in [4.78, 5) is 17.6. The molecule has 0 bridgehead atoms. The molecule has 0 radical (unpaired) electrons. The third kappa shape index (κ3) is 4.08. The number of halogens is 3. The van der Waals surface area contributed by atoms with Gasteiger partial charge in [0, 0.05) is 38.3 Å². The van der Waals surface area contributed by atoms with E-state index < -0.39 is 29.9 Å². The lowest BCUT2D eigenvalue weighted by Crippen LogP contribution is -2.29. The van der Waals surface area contributed by atoms with Gasteiger partial charge in [-0.1, -0.05) is 0 Å². The number of hydrogen-bond donors (Lipinski definition) is 3. The number of alkyl halides is 3. The maximum absolute atomic E-state index is 13.0. The summed E-state index contributed by atoms with van der Waals surface area (Å²) in [5.41, 5.74) is 0.603. The van der Waals surface area contributed by atoms with Crippen molar-refractivity contribution in [3.05, 3.63) is 51.5 Å². The average molecular weight is 466 g/mol. The fourth-order valence-electron chi connectivity index (χ4n) is 3.23. The molecule has 0 spiro atoms. The highest BCUT2D eigenvalue weighted by Crippen LogP contribution is 2.31. The lowest BCUT2D eigenvalue weighted by Gasteiger charge is -2.14. The molecule has 0 fully saturated rings. The number of aromatic amines is 1. The average Bonchev–Trinajstić information content (AvgIpc) is 3.42. The number of fused-ring (bicyclic) bond motifs is 3. The van der Waals surface area contributed by atoms with Gasteiger partial charge in [0.05, 0.1) is 28.8 Å². The standard InChI is InChI=1S/C18H17F3N8O2S/c1-23-7-12(31-18(19,20)21)11(22)8-29-17(30)14-10(6-25-29)15-16(28(14)2)26-13(32-15)5-9-3-4-24-27-9/h3-4,6-7,22-23H,5,8H2,1-2H3,(H,24,27)/b12-7+,22-11?. The number of nitrogens with zero attached hydrogens (tertiary/aromatic N) is 5. The van der Waals surface area contributed by atoms with Crippen LogP contribution in [0.4, 0.5) is 13.2 Å². The second-order valence-corrected chi connectivity index (χ2v) is 7.84. The van der Waals surface area contributed by atoms with Gasteiger partial charge in [-0.3, -0.25) is 15.3 Å². The van der Waals surface area contributed by atoms with Crippen molar-refractivity contribution >= 4 is 38.3 Å². The SMILES string of the molecule is CN/C=C(/OC(F)(F)F)C(=N)Cn1ncc2c3sc(Cc4cc[nH]n4)nc3n(C)c2c1=O. The zero-order valence-electron chi connectivity index (χ0n) is 16.8. The normalized spacial score (nSPS) is 12.6. The number of H-pyrrole nitrogens is 1. The maximum atomic E-state index is 13.0. The van der Waals surface area contributed by atoms with Crippen LogP contribution < -0.4 is 10.9 Å². The van der Waals surface area contributed by atoms with Gasteiger partial charge in [0.15, 0.2) is 11.4 Å². The number of aromatic nitrogens is 6. The van der Waals surface area contributed by atoms with Crippen LogP contribution in [-0.4, -0.2) is 48.7 Å². The van der Waals surface area contributed by atoms with E-state index in [1.807, 2.05) is 6.07 Å². The van der Waals surface area contributed by atoms with Gasteiger partial charge in [-0.2, -0.15) is 10.2 Å². The van der Waals surface area contributed by atoms with Gasteiger partial charge >= 0.3 is 6.36 Å². The molecule has 168 valence electrons. The van der Waals surface area contributed by atoms with Crippen molar-refractivity contribution in [2.45, 2.75) is 19.3 Å². The molecule has 0 amide bonds. The van der Waals surface area contributed by atoms with Crippen molar-refractivity contribution in [3.8, 4) is 0 Å². The van der Waals surface area contributed by atoms with Crippen molar-refractivity contribution in [1.82, 2.24) is 34.8 Å². The van der Waals surface area contributed by atoms with Gasteiger partial charge in [0.1, 0.15) is 10.5 Å². The van der Waals surface area contributed by atoms with E-state index >= 15 is 0 Å². The van der Waals surface area contributed by atoms with Crippen LogP contribution in [0.3, 0.4) is 0 Å². The highest BCUT2D eigenvalue weighted by molar-refractivity contribution is 7.19. The zero-order chi connectivity index (χ0) is 23.0. The molecule has 0 aliphatic carbocycles. The van der Waals surface area contributed by atoms with E-state index in [0.717, 1.165) is 26.3 Å². The minimum Gasteiger partial charge on any atom is -0.402 e. The first-order valence-corrected chi connectivity index (χ1v) is 10.0. The van der Waals surface area contributed by atoms with Gasteiger partial charge < -0.3 is 14.6 Å². The van der Waals surface area contributed by atoms with E-state index in [2.05, 4.69) is 30.3 Å². The van der Waals surface area contributed by atoms with Gasteiger partial charge in [0.25, 0.3) is 5.56 Å². The Balaban J connectivity index is 1.68. The molecule has 0 unspecified atom stereocenters. The van der Waals surface area contributed by atoms with Gasteiger partial charge in [-0.15, -0.1) is 24.5 Å². The lowest BCUT2D eigenvalue weighted by molar-refractivity contribution is -0.302. The summed E-state index contributed by atoms with van der Waals surface area (Å²) in [6.07, 6.45) is -0.374. The first kappa shape index (κ1) is 21.5. The van der Waals surface area contributed by atoms with E-state index in [1.165, 1.54) is 24.6 Å². The molecule has 32 heavy (non-hydrogen) atoms. The molecule has 4 rings (SSSR count). The Labute approximate surface area is 181 Å². The van der Waals surface area contributed by atoms with Crippen molar-refractivity contribution in [2.24, 2.45) is 7.05 Å². The predicted octanol–water partition coefficient (Wildman–Crippen LogP) is 2.28. The Morgan fingerprint density at radius 2 is 2.22 bits per heavy atom. The van der Waals surface area contributed by atoms with Crippen molar-refractivity contribution in [2.75, 3.05) is 7.05 Å². The van der Waals surface area contributed by atoms with Crippen LogP contribution in [0.15, 0.2) is 35.2 Å². The highest BCUT2D eigenvalue weighted by atomic mass is 32.1. The van der Waals surface area contributed by atoms with E-state index in [4.69, 9.17) is 5.41 Å². The maximum Gasteiger partial charge on any atom is 0.573 e. The quantitative estimate of drug-likeness (QED) is 0.283. The van der Waals surface area contributed by atoms with Crippen molar-refractivity contribution in [3.63, 3.8) is 0 Å². The molecule has 10 nitrogen and oxygen atoms in total. The molecular weight excluding hydrogens is 449 g/mol. The summed E-state index contributed by atoms with van der Waals surface area (Å²) in [5.74, 6) is -0.758. The smallest absolute Gasteiger partial charge is 0.402 e. The molecule has 14 heteroatoms. The number of ether oxygens (including phenoxy) is 1. The Morgan fingerprint density at radius 1 is 1.44 bits per heavy atom. The van der Waals surface area contributed by atoms with Crippen LogP contribution in [-0.2, 0) is 24.8 Å². The summed E-state index contributed by atoms with van der Waals surface area (Å²) in [5, 5.41) is 22.7.